The third-order valence-electron chi connectivity index (χ3n) is 3.78. The zero-order valence-electron chi connectivity index (χ0n) is 9.61. The third kappa shape index (κ3) is 2.38. The number of rotatable bonds is 2. The van der Waals surface area contributed by atoms with E-state index < -0.39 is 0 Å². The minimum atomic E-state index is -0.244. The fourth-order valence-corrected chi connectivity index (χ4v) is 3.70. The van der Waals surface area contributed by atoms with Gasteiger partial charge in [-0.2, -0.15) is 0 Å². The van der Waals surface area contributed by atoms with Crippen LogP contribution in [0.4, 0.5) is 4.39 Å². The summed E-state index contributed by atoms with van der Waals surface area (Å²) in [7, 11) is 0. The Bertz CT molecular complexity index is 416. The molecule has 1 fully saturated rings. The molecule has 17 heavy (non-hydrogen) atoms. The maximum absolute atomic E-state index is 14.1. The van der Waals surface area contributed by atoms with Crippen molar-refractivity contribution in [1.82, 2.24) is 0 Å². The summed E-state index contributed by atoms with van der Waals surface area (Å²) in [6.07, 6.45) is 5.31. The Labute approximate surface area is 115 Å². The van der Waals surface area contributed by atoms with E-state index in [1.807, 2.05) is 0 Å². The number of halogens is 3. The second-order valence-corrected chi connectivity index (χ2v) is 5.96. The van der Waals surface area contributed by atoms with Gasteiger partial charge in [-0.1, -0.05) is 30.9 Å². The molecule has 1 saturated carbocycles. The molecule has 0 spiro atoms. The van der Waals surface area contributed by atoms with Crippen molar-refractivity contribution >= 4 is 27.5 Å². The van der Waals surface area contributed by atoms with Crippen LogP contribution in [0.5, 0.6) is 0 Å². The summed E-state index contributed by atoms with van der Waals surface area (Å²) in [6.45, 7) is 0.475. The maximum Gasteiger partial charge on any atom is 0.128 e. The van der Waals surface area contributed by atoms with Gasteiger partial charge in [-0.25, -0.2) is 4.39 Å². The zero-order chi connectivity index (χ0) is 12.5. The van der Waals surface area contributed by atoms with E-state index in [9.17, 15) is 4.39 Å². The number of benzene rings is 1. The van der Waals surface area contributed by atoms with Gasteiger partial charge in [-0.05, 0) is 40.9 Å². The molecule has 1 nitrogen and oxygen atoms in total. The number of hydrogen-bond acceptors (Lipinski definition) is 1. The lowest BCUT2D eigenvalue weighted by Crippen LogP contribution is -2.38. The molecule has 2 rings (SSSR count). The van der Waals surface area contributed by atoms with Crippen molar-refractivity contribution in [3.8, 4) is 0 Å². The van der Waals surface area contributed by atoms with Crippen LogP contribution < -0.4 is 5.73 Å². The van der Waals surface area contributed by atoms with Crippen LogP contribution in [0.1, 0.15) is 37.7 Å². The van der Waals surface area contributed by atoms with E-state index in [4.69, 9.17) is 17.3 Å². The fraction of sp³-hybridized carbons (Fsp3) is 0.538. The van der Waals surface area contributed by atoms with Gasteiger partial charge >= 0.3 is 0 Å². The molecule has 1 aliphatic carbocycles. The first kappa shape index (κ1) is 13.3. The molecule has 0 bridgehead atoms. The number of hydrogen-bond donors (Lipinski definition) is 1. The van der Waals surface area contributed by atoms with Gasteiger partial charge in [0.1, 0.15) is 5.82 Å². The van der Waals surface area contributed by atoms with E-state index in [1.165, 1.54) is 12.5 Å². The molecule has 0 unspecified atom stereocenters. The predicted molar refractivity (Wildman–Crippen MR) is 72.9 cm³/mol. The Hall–Kier alpha value is -0.120. The van der Waals surface area contributed by atoms with Crippen molar-refractivity contribution in [1.29, 1.82) is 0 Å². The van der Waals surface area contributed by atoms with Crippen LogP contribution >= 0.6 is 27.5 Å². The van der Waals surface area contributed by atoms with Crippen molar-refractivity contribution in [2.24, 2.45) is 5.73 Å². The van der Waals surface area contributed by atoms with Crippen molar-refractivity contribution in [3.05, 3.63) is 33.0 Å². The predicted octanol–water partition coefficient (Wildman–Crippen LogP) is 4.40. The van der Waals surface area contributed by atoms with Gasteiger partial charge in [0.25, 0.3) is 0 Å². The highest BCUT2D eigenvalue weighted by Crippen LogP contribution is 2.44. The first-order chi connectivity index (χ1) is 8.10. The highest BCUT2D eigenvalue weighted by Gasteiger charge is 2.36. The smallest absolute Gasteiger partial charge is 0.128 e. The minimum Gasteiger partial charge on any atom is -0.330 e. The van der Waals surface area contributed by atoms with E-state index in [2.05, 4.69) is 15.9 Å². The van der Waals surface area contributed by atoms with E-state index in [-0.39, 0.29) is 11.2 Å². The van der Waals surface area contributed by atoms with Crippen LogP contribution in [-0.4, -0.2) is 6.54 Å². The largest absolute Gasteiger partial charge is 0.330 e. The van der Waals surface area contributed by atoms with Crippen LogP contribution in [0.15, 0.2) is 16.6 Å². The first-order valence-corrected chi connectivity index (χ1v) is 7.12. The first-order valence-electron chi connectivity index (χ1n) is 5.95. The molecule has 0 radical (unpaired) electrons. The van der Waals surface area contributed by atoms with Crippen molar-refractivity contribution in [2.75, 3.05) is 6.54 Å². The quantitative estimate of drug-likeness (QED) is 0.803. The highest BCUT2D eigenvalue weighted by atomic mass is 79.9. The SMILES string of the molecule is NCC1(c2c(F)ccc(Cl)c2Br)CCCCC1. The lowest BCUT2D eigenvalue weighted by atomic mass is 9.69. The summed E-state index contributed by atoms with van der Waals surface area (Å²) >= 11 is 9.48. The maximum atomic E-state index is 14.1. The van der Waals surface area contributed by atoms with E-state index in [0.717, 1.165) is 25.7 Å². The number of nitrogens with two attached hydrogens (primary N) is 1. The average molecular weight is 321 g/mol. The van der Waals surface area contributed by atoms with Gasteiger partial charge in [-0.3, -0.25) is 0 Å². The molecule has 4 heteroatoms. The second kappa shape index (κ2) is 5.25. The molecule has 0 heterocycles. The van der Waals surface area contributed by atoms with Crippen LogP contribution in [0.25, 0.3) is 0 Å². The second-order valence-electron chi connectivity index (χ2n) is 4.76. The lowest BCUT2D eigenvalue weighted by molar-refractivity contribution is 0.290. The molecule has 1 aromatic rings. The molecule has 94 valence electrons. The van der Waals surface area contributed by atoms with Gasteiger partial charge in [0.05, 0.1) is 5.02 Å². The topological polar surface area (TPSA) is 26.0 Å². The highest BCUT2D eigenvalue weighted by molar-refractivity contribution is 9.10. The Morgan fingerprint density at radius 3 is 2.53 bits per heavy atom. The van der Waals surface area contributed by atoms with Crippen molar-refractivity contribution in [2.45, 2.75) is 37.5 Å². The van der Waals surface area contributed by atoms with Crippen LogP contribution in [0.2, 0.25) is 5.02 Å². The summed E-state index contributed by atoms with van der Waals surface area (Å²) < 4.78 is 14.8. The van der Waals surface area contributed by atoms with E-state index >= 15 is 0 Å². The van der Waals surface area contributed by atoms with Gasteiger partial charge in [0.2, 0.25) is 0 Å². The molecule has 0 saturated heterocycles. The fourth-order valence-electron chi connectivity index (χ4n) is 2.80. The zero-order valence-corrected chi connectivity index (χ0v) is 12.0. The van der Waals surface area contributed by atoms with E-state index in [1.54, 1.807) is 6.07 Å². The molecule has 1 aliphatic rings. The Balaban J connectivity index is 2.53. The molecule has 0 aliphatic heterocycles. The van der Waals surface area contributed by atoms with Crippen molar-refractivity contribution in [3.63, 3.8) is 0 Å². The summed E-state index contributed by atoms with van der Waals surface area (Å²) in [5, 5.41) is 0.555. The molecule has 0 amide bonds. The molecular formula is C13H16BrClFN. The lowest BCUT2D eigenvalue weighted by Gasteiger charge is -2.37. The van der Waals surface area contributed by atoms with Crippen LogP contribution in [0.3, 0.4) is 0 Å². The standard InChI is InChI=1S/C13H16BrClFN/c14-12-9(15)4-5-10(16)11(12)13(8-17)6-2-1-3-7-13/h4-5H,1-3,6-8,17H2. The summed E-state index contributed by atoms with van der Waals surface area (Å²) in [5.41, 5.74) is 6.36. The Kier molecular flexibility index (Phi) is 4.11. The Morgan fingerprint density at radius 2 is 1.94 bits per heavy atom. The van der Waals surface area contributed by atoms with Gasteiger partial charge in [0, 0.05) is 22.0 Å². The molecular weight excluding hydrogens is 305 g/mol. The molecule has 0 atom stereocenters. The van der Waals surface area contributed by atoms with Crippen LogP contribution in [-0.2, 0) is 5.41 Å². The van der Waals surface area contributed by atoms with Crippen molar-refractivity contribution < 1.29 is 4.39 Å². The minimum absolute atomic E-state index is 0.200. The molecule has 1 aromatic carbocycles. The van der Waals surface area contributed by atoms with Gasteiger partial charge in [0.15, 0.2) is 0 Å². The third-order valence-corrected chi connectivity index (χ3v) is 5.14. The van der Waals surface area contributed by atoms with E-state index in [0.29, 0.717) is 21.6 Å². The molecule has 2 N–H and O–H groups in total. The Morgan fingerprint density at radius 1 is 1.29 bits per heavy atom. The normalized spacial score (nSPS) is 19.3. The van der Waals surface area contributed by atoms with Crippen LogP contribution in [0, 0.1) is 5.82 Å². The molecule has 0 aromatic heterocycles. The average Bonchev–Trinajstić information content (AvgIpc) is 2.35. The summed E-state index contributed by atoms with van der Waals surface area (Å²) in [5.74, 6) is -0.200. The van der Waals surface area contributed by atoms with Gasteiger partial charge < -0.3 is 5.73 Å². The monoisotopic (exact) mass is 319 g/mol. The summed E-state index contributed by atoms with van der Waals surface area (Å²) in [6, 6.07) is 3.02. The van der Waals surface area contributed by atoms with Gasteiger partial charge in [-0.15, -0.1) is 0 Å². The summed E-state index contributed by atoms with van der Waals surface area (Å²) in [4.78, 5) is 0.